The van der Waals surface area contributed by atoms with Gasteiger partial charge in [-0.25, -0.2) is 0 Å². The van der Waals surface area contributed by atoms with E-state index in [1.165, 1.54) is 11.3 Å². The summed E-state index contributed by atoms with van der Waals surface area (Å²) in [4.78, 5) is 14.1. The molecule has 8 heteroatoms. The molecule has 1 aliphatic heterocycles. The second-order valence-electron chi connectivity index (χ2n) is 4.90. The molecule has 0 unspecified atom stereocenters. The molecule has 2 aromatic rings. The first-order chi connectivity index (χ1) is 10.7. The quantitative estimate of drug-likeness (QED) is 0.830. The molecular weight excluding hydrogens is 302 g/mol. The second-order valence-corrected chi connectivity index (χ2v) is 5.96. The highest BCUT2D eigenvalue weighted by Crippen LogP contribution is 2.33. The van der Waals surface area contributed by atoms with Gasteiger partial charge >= 0.3 is 0 Å². The molecule has 3 rings (SSSR count). The number of benzene rings is 1. The van der Waals surface area contributed by atoms with E-state index in [1.807, 2.05) is 24.0 Å². The van der Waals surface area contributed by atoms with E-state index in [0.717, 1.165) is 22.9 Å². The van der Waals surface area contributed by atoms with Crippen molar-refractivity contribution in [3.63, 3.8) is 0 Å². The number of aryl methyl sites for hydroxylation is 1. The molecule has 3 N–H and O–H groups in total. The number of amides is 1. The number of nitrogens with one attached hydrogen (secondary N) is 1. The summed E-state index contributed by atoms with van der Waals surface area (Å²) < 4.78 is 5.58. The lowest BCUT2D eigenvalue weighted by molar-refractivity contribution is -0.115. The van der Waals surface area contributed by atoms with E-state index >= 15 is 0 Å². The minimum Gasteiger partial charge on any atom is -0.490 e. The van der Waals surface area contributed by atoms with Crippen LogP contribution in [0, 0.1) is 0 Å². The molecule has 1 aromatic carbocycles. The molecule has 0 atom stereocenters. The molecule has 0 saturated carbocycles. The standard InChI is InChI=1S/C14H17N5O2S/c1-2-13-17-18-14(22-13)16-12(20)8-19-5-6-21-11-4-3-9(15)7-10(11)19/h3-4,7H,2,5-6,8,15H2,1H3,(H,16,18,20). The van der Waals surface area contributed by atoms with Gasteiger partial charge in [-0.15, -0.1) is 10.2 Å². The highest BCUT2D eigenvalue weighted by atomic mass is 32.1. The molecule has 0 bridgehead atoms. The summed E-state index contributed by atoms with van der Waals surface area (Å²) in [7, 11) is 0. The molecule has 0 radical (unpaired) electrons. The van der Waals surface area contributed by atoms with Crippen LogP contribution in [0.15, 0.2) is 18.2 Å². The van der Waals surface area contributed by atoms with E-state index in [9.17, 15) is 4.79 Å². The van der Waals surface area contributed by atoms with Crippen molar-refractivity contribution in [3.05, 3.63) is 23.2 Å². The Hall–Kier alpha value is -2.35. The maximum absolute atomic E-state index is 12.2. The van der Waals surface area contributed by atoms with E-state index in [4.69, 9.17) is 10.5 Å². The number of hydrogen-bond donors (Lipinski definition) is 2. The van der Waals surface area contributed by atoms with Gasteiger partial charge in [-0.1, -0.05) is 18.3 Å². The average molecular weight is 319 g/mol. The van der Waals surface area contributed by atoms with Crippen molar-refractivity contribution in [2.75, 3.05) is 35.6 Å². The van der Waals surface area contributed by atoms with Crippen LogP contribution in [0.2, 0.25) is 0 Å². The lowest BCUT2D eigenvalue weighted by Crippen LogP contribution is -2.38. The van der Waals surface area contributed by atoms with Gasteiger partial charge in [-0.05, 0) is 24.6 Å². The third-order valence-electron chi connectivity index (χ3n) is 3.29. The smallest absolute Gasteiger partial charge is 0.245 e. The predicted octanol–water partition coefficient (Wildman–Crippen LogP) is 1.52. The van der Waals surface area contributed by atoms with Gasteiger partial charge in [0.25, 0.3) is 0 Å². The van der Waals surface area contributed by atoms with Crippen molar-refractivity contribution < 1.29 is 9.53 Å². The summed E-state index contributed by atoms with van der Waals surface area (Å²) in [5.41, 5.74) is 7.30. The molecule has 1 amide bonds. The molecule has 0 saturated heterocycles. The van der Waals surface area contributed by atoms with Crippen LogP contribution in [-0.4, -0.2) is 35.8 Å². The van der Waals surface area contributed by atoms with Gasteiger partial charge in [0, 0.05) is 5.69 Å². The maximum Gasteiger partial charge on any atom is 0.245 e. The van der Waals surface area contributed by atoms with Gasteiger partial charge in [0.1, 0.15) is 17.4 Å². The third-order valence-corrected chi connectivity index (χ3v) is 4.28. The van der Waals surface area contributed by atoms with Crippen LogP contribution in [-0.2, 0) is 11.2 Å². The van der Waals surface area contributed by atoms with E-state index in [1.54, 1.807) is 6.07 Å². The SMILES string of the molecule is CCc1nnc(NC(=O)CN2CCOc3ccc(N)cc32)s1. The van der Waals surface area contributed by atoms with Crippen LogP contribution >= 0.6 is 11.3 Å². The van der Waals surface area contributed by atoms with E-state index < -0.39 is 0 Å². The minimum atomic E-state index is -0.130. The molecule has 1 aromatic heterocycles. The number of aromatic nitrogens is 2. The van der Waals surface area contributed by atoms with E-state index in [0.29, 0.717) is 24.0 Å². The number of fused-ring (bicyclic) bond motifs is 1. The van der Waals surface area contributed by atoms with Crippen molar-refractivity contribution in [3.8, 4) is 5.75 Å². The summed E-state index contributed by atoms with van der Waals surface area (Å²) in [5.74, 6) is 0.617. The van der Waals surface area contributed by atoms with Gasteiger partial charge in [-0.3, -0.25) is 10.1 Å². The normalized spacial score (nSPS) is 13.4. The van der Waals surface area contributed by atoms with Gasteiger partial charge in [0.15, 0.2) is 0 Å². The van der Waals surface area contributed by atoms with Crippen LogP contribution in [0.3, 0.4) is 0 Å². The van der Waals surface area contributed by atoms with Crippen molar-refractivity contribution >= 4 is 33.8 Å². The fraction of sp³-hybridized carbons (Fsp3) is 0.357. The van der Waals surface area contributed by atoms with Crippen LogP contribution in [0.25, 0.3) is 0 Å². The second kappa shape index (κ2) is 6.18. The monoisotopic (exact) mass is 319 g/mol. The highest BCUT2D eigenvalue weighted by Gasteiger charge is 2.21. The number of anilines is 3. The van der Waals surface area contributed by atoms with Gasteiger partial charge in [-0.2, -0.15) is 0 Å². The average Bonchev–Trinajstić information content (AvgIpc) is 2.95. The molecule has 1 aliphatic rings. The van der Waals surface area contributed by atoms with Gasteiger partial charge in [0.05, 0.1) is 18.8 Å². The van der Waals surface area contributed by atoms with Crippen LogP contribution in [0.1, 0.15) is 11.9 Å². The molecule has 0 fully saturated rings. The topological polar surface area (TPSA) is 93.4 Å². The molecule has 22 heavy (non-hydrogen) atoms. The number of nitrogen functional groups attached to an aromatic ring is 1. The predicted molar refractivity (Wildman–Crippen MR) is 86.5 cm³/mol. The largest absolute Gasteiger partial charge is 0.490 e. The number of carbonyl (C=O) groups is 1. The van der Waals surface area contributed by atoms with Crippen molar-refractivity contribution in [2.45, 2.75) is 13.3 Å². The zero-order chi connectivity index (χ0) is 15.5. The minimum absolute atomic E-state index is 0.130. The Morgan fingerprint density at radius 1 is 1.50 bits per heavy atom. The summed E-state index contributed by atoms with van der Waals surface area (Å²) in [6, 6.07) is 5.44. The van der Waals surface area contributed by atoms with E-state index in [2.05, 4.69) is 15.5 Å². The molecular formula is C14H17N5O2S. The number of rotatable bonds is 4. The lowest BCUT2D eigenvalue weighted by atomic mass is 10.2. The molecule has 0 spiro atoms. The Kier molecular flexibility index (Phi) is 4.10. The molecule has 2 heterocycles. The van der Waals surface area contributed by atoms with Crippen molar-refractivity contribution in [1.82, 2.24) is 10.2 Å². The lowest BCUT2D eigenvalue weighted by Gasteiger charge is -2.30. The molecule has 0 aliphatic carbocycles. The van der Waals surface area contributed by atoms with Gasteiger partial charge in [0.2, 0.25) is 11.0 Å². The van der Waals surface area contributed by atoms with E-state index in [-0.39, 0.29) is 12.5 Å². The van der Waals surface area contributed by atoms with Crippen molar-refractivity contribution in [2.24, 2.45) is 0 Å². The summed E-state index contributed by atoms with van der Waals surface area (Å²) in [6.45, 7) is 3.41. The van der Waals surface area contributed by atoms with Gasteiger partial charge < -0.3 is 15.4 Å². The Labute approximate surface area is 132 Å². The first-order valence-corrected chi connectivity index (χ1v) is 7.87. The molecule has 116 valence electrons. The number of ether oxygens (including phenoxy) is 1. The number of carbonyl (C=O) groups excluding carboxylic acids is 1. The Bertz CT molecular complexity index is 688. The van der Waals surface area contributed by atoms with Crippen LogP contribution in [0.5, 0.6) is 5.75 Å². The number of nitrogens with zero attached hydrogens (tertiary/aromatic N) is 3. The summed E-state index contributed by atoms with van der Waals surface area (Å²) >= 11 is 1.39. The maximum atomic E-state index is 12.2. The number of hydrogen-bond acceptors (Lipinski definition) is 7. The Morgan fingerprint density at radius 2 is 2.36 bits per heavy atom. The first kappa shape index (κ1) is 14.6. The van der Waals surface area contributed by atoms with Crippen LogP contribution < -0.4 is 20.7 Å². The number of nitrogens with two attached hydrogens (primary N) is 1. The highest BCUT2D eigenvalue weighted by molar-refractivity contribution is 7.15. The fourth-order valence-electron chi connectivity index (χ4n) is 2.23. The third kappa shape index (κ3) is 3.11. The molecule has 7 nitrogen and oxygen atoms in total. The van der Waals surface area contributed by atoms with Crippen LogP contribution in [0.4, 0.5) is 16.5 Å². The summed E-state index contributed by atoms with van der Waals surface area (Å²) in [5, 5.41) is 12.2. The zero-order valence-electron chi connectivity index (χ0n) is 12.2. The first-order valence-electron chi connectivity index (χ1n) is 7.05. The summed E-state index contributed by atoms with van der Waals surface area (Å²) in [6.07, 6.45) is 0.809. The Morgan fingerprint density at radius 3 is 3.14 bits per heavy atom. The Balaban J connectivity index is 1.68. The zero-order valence-corrected chi connectivity index (χ0v) is 13.0. The van der Waals surface area contributed by atoms with Crippen molar-refractivity contribution in [1.29, 1.82) is 0 Å². The fourth-order valence-corrected chi connectivity index (χ4v) is 2.93.